The summed E-state index contributed by atoms with van der Waals surface area (Å²) in [5.74, 6) is 0.998. The molecule has 0 saturated heterocycles. The second kappa shape index (κ2) is 6.39. The maximum atomic E-state index is 12.6. The van der Waals surface area contributed by atoms with Gasteiger partial charge in [-0.05, 0) is 30.9 Å². The predicted molar refractivity (Wildman–Crippen MR) is 86.9 cm³/mol. The molecule has 0 spiro atoms. The van der Waals surface area contributed by atoms with E-state index in [1.165, 1.54) is 19.3 Å². The number of nitrogens with one attached hydrogen (secondary N) is 1. The summed E-state index contributed by atoms with van der Waals surface area (Å²) < 4.78 is 5.74. The maximum Gasteiger partial charge on any atom is 0.227 e. The molecule has 0 radical (unpaired) electrons. The number of ether oxygens (including phenoxy) is 1. The molecule has 0 bridgehead atoms. The van der Waals surface area contributed by atoms with E-state index in [-0.39, 0.29) is 17.4 Å². The van der Waals surface area contributed by atoms with Crippen molar-refractivity contribution in [3.63, 3.8) is 0 Å². The van der Waals surface area contributed by atoms with E-state index in [0.29, 0.717) is 6.61 Å². The first-order valence-corrected chi connectivity index (χ1v) is 8.93. The smallest absolute Gasteiger partial charge is 0.227 e. The van der Waals surface area contributed by atoms with Gasteiger partial charge in [0.2, 0.25) is 5.91 Å². The standard InChI is InChI=1S/C17H22BrNO2/c18-12-17(8-4-1-5-9-17)19-16(20)14-10-13-6-2-3-7-15(13)21-11-14/h2-3,6-7,14H,1,4-5,8-12H2,(H,19,20). The molecule has 1 saturated carbocycles. The molecule has 1 fully saturated rings. The maximum absolute atomic E-state index is 12.6. The Kier molecular flexibility index (Phi) is 4.53. The Labute approximate surface area is 134 Å². The van der Waals surface area contributed by atoms with Gasteiger partial charge in [0.1, 0.15) is 12.4 Å². The zero-order chi connectivity index (χ0) is 14.7. The fraction of sp³-hybridized carbons (Fsp3) is 0.588. The highest BCUT2D eigenvalue weighted by Crippen LogP contribution is 2.31. The lowest BCUT2D eigenvalue weighted by molar-refractivity contribution is -0.128. The van der Waals surface area contributed by atoms with E-state index in [2.05, 4.69) is 27.3 Å². The van der Waals surface area contributed by atoms with Crippen molar-refractivity contribution in [2.24, 2.45) is 5.92 Å². The van der Waals surface area contributed by atoms with Gasteiger partial charge in [0.15, 0.2) is 0 Å². The van der Waals surface area contributed by atoms with Gasteiger partial charge in [-0.15, -0.1) is 0 Å². The number of alkyl halides is 1. The summed E-state index contributed by atoms with van der Waals surface area (Å²) >= 11 is 3.60. The summed E-state index contributed by atoms with van der Waals surface area (Å²) in [6.07, 6.45) is 6.62. The SMILES string of the molecule is O=C(NC1(CBr)CCCCC1)C1COc2ccccc2C1. The van der Waals surface area contributed by atoms with Crippen LogP contribution in [0.1, 0.15) is 37.7 Å². The van der Waals surface area contributed by atoms with E-state index in [9.17, 15) is 4.79 Å². The topological polar surface area (TPSA) is 38.3 Å². The summed E-state index contributed by atoms with van der Waals surface area (Å²) in [7, 11) is 0. The first kappa shape index (κ1) is 14.9. The van der Waals surface area contributed by atoms with Crippen LogP contribution in [-0.4, -0.2) is 23.4 Å². The van der Waals surface area contributed by atoms with E-state index in [1.54, 1.807) is 0 Å². The third kappa shape index (κ3) is 3.25. The fourth-order valence-corrected chi connectivity index (χ4v) is 4.08. The van der Waals surface area contributed by atoms with E-state index >= 15 is 0 Å². The molecule has 1 aliphatic heterocycles. The number of carbonyl (C=O) groups excluding carboxylic acids is 1. The molecule has 1 heterocycles. The minimum absolute atomic E-state index is 0.0493. The lowest BCUT2D eigenvalue weighted by Crippen LogP contribution is -2.54. The minimum atomic E-state index is -0.0715. The number of hydrogen-bond acceptors (Lipinski definition) is 2. The van der Waals surface area contributed by atoms with Gasteiger partial charge in [-0.2, -0.15) is 0 Å². The minimum Gasteiger partial charge on any atom is -0.492 e. The van der Waals surface area contributed by atoms with Crippen LogP contribution in [0.15, 0.2) is 24.3 Å². The Balaban J connectivity index is 1.66. The molecule has 1 aromatic carbocycles. The monoisotopic (exact) mass is 351 g/mol. The molecular weight excluding hydrogens is 330 g/mol. The van der Waals surface area contributed by atoms with Crippen LogP contribution in [0.25, 0.3) is 0 Å². The van der Waals surface area contributed by atoms with Gasteiger partial charge in [0.05, 0.1) is 5.92 Å². The summed E-state index contributed by atoms with van der Waals surface area (Å²) in [5.41, 5.74) is 1.09. The van der Waals surface area contributed by atoms with Crippen molar-refractivity contribution in [1.29, 1.82) is 0 Å². The number of hydrogen-bond donors (Lipinski definition) is 1. The second-order valence-electron chi connectivity index (χ2n) is 6.28. The third-order valence-corrected chi connectivity index (χ3v) is 5.78. The first-order valence-electron chi connectivity index (χ1n) is 7.81. The van der Waals surface area contributed by atoms with Crippen molar-refractivity contribution < 1.29 is 9.53 Å². The third-order valence-electron chi connectivity index (χ3n) is 4.70. The van der Waals surface area contributed by atoms with Crippen LogP contribution >= 0.6 is 15.9 Å². The average Bonchev–Trinajstić information content (AvgIpc) is 2.55. The molecular formula is C17H22BrNO2. The first-order chi connectivity index (χ1) is 10.2. The zero-order valence-electron chi connectivity index (χ0n) is 12.2. The second-order valence-corrected chi connectivity index (χ2v) is 6.84. The van der Waals surface area contributed by atoms with Gasteiger partial charge >= 0.3 is 0 Å². The van der Waals surface area contributed by atoms with Gasteiger partial charge in [-0.1, -0.05) is 53.4 Å². The van der Waals surface area contributed by atoms with Crippen molar-refractivity contribution in [2.75, 3.05) is 11.9 Å². The predicted octanol–water partition coefficient (Wildman–Crippen LogP) is 3.45. The summed E-state index contributed by atoms with van der Waals surface area (Å²) in [5, 5.41) is 4.16. The number of amides is 1. The summed E-state index contributed by atoms with van der Waals surface area (Å²) in [4.78, 5) is 12.6. The number of benzene rings is 1. The molecule has 1 amide bonds. The molecule has 1 N–H and O–H groups in total. The molecule has 21 heavy (non-hydrogen) atoms. The van der Waals surface area contributed by atoms with E-state index in [0.717, 1.165) is 35.9 Å². The molecule has 1 unspecified atom stereocenters. The number of halogens is 1. The van der Waals surface area contributed by atoms with E-state index in [4.69, 9.17) is 4.74 Å². The summed E-state index contributed by atoms with van der Waals surface area (Å²) in [6, 6.07) is 8.00. The van der Waals surface area contributed by atoms with Crippen molar-refractivity contribution in [3.05, 3.63) is 29.8 Å². The van der Waals surface area contributed by atoms with Gasteiger partial charge in [0, 0.05) is 10.9 Å². The van der Waals surface area contributed by atoms with Crippen molar-refractivity contribution in [3.8, 4) is 5.75 Å². The molecule has 3 nitrogen and oxygen atoms in total. The van der Waals surface area contributed by atoms with Crippen LogP contribution in [0.3, 0.4) is 0 Å². The van der Waals surface area contributed by atoms with E-state index < -0.39 is 0 Å². The van der Waals surface area contributed by atoms with Gasteiger partial charge in [0.25, 0.3) is 0 Å². The Morgan fingerprint density at radius 1 is 1.29 bits per heavy atom. The number of carbonyl (C=O) groups is 1. The lowest BCUT2D eigenvalue weighted by Gasteiger charge is -2.38. The molecule has 0 aromatic heterocycles. The highest BCUT2D eigenvalue weighted by molar-refractivity contribution is 9.09. The van der Waals surface area contributed by atoms with Crippen LogP contribution < -0.4 is 10.1 Å². The number of para-hydroxylation sites is 1. The number of rotatable bonds is 3. The van der Waals surface area contributed by atoms with Crippen LogP contribution in [-0.2, 0) is 11.2 Å². The molecule has 114 valence electrons. The Morgan fingerprint density at radius 3 is 2.81 bits per heavy atom. The Hall–Kier alpha value is -1.03. The lowest BCUT2D eigenvalue weighted by atomic mass is 9.82. The normalized spacial score (nSPS) is 23.8. The van der Waals surface area contributed by atoms with Crippen molar-refractivity contribution in [2.45, 2.75) is 44.1 Å². The van der Waals surface area contributed by atoms with Crippen LogP contribution in [0.2, 0.25) is 0 Å². The molecule has 1 aromatic rings. The largest absolute Gasteiger partial charge is 0.492 e. The Morgan fingerprint density at radius 2 is 2.05 bits per heavy atom. The van der Waals surface area contributed by atoms with E-state index in [1.807, 2.05) is 18.2 Å². The highest BCUT2D eigenvalue weighted by Gasteiger charge is 2.35. The van der Waals surface area contributed by atoms with Gasteiger partial charge < -0.3 is 10.1 Å². The van der Waals surface area contributed by atoms with Crippen LogP contribution in [0.4, 0.5) is 0 Å². The highest BCUT2D eigenvalue weighted by atomic mass is 79.9. The van der Waals surface area contributed by atoms with Gasteiger partial charge in [-0.25, -0.2) is 0 Å². The number of fused-ring (bicyclic) bond motifs is 1. The fourth-order valence-electron chi connectivity index (χ4n) is 3.38. The molecule has 1 aliphatic carbocycles. The molecule has 3 rings (SSSR count). The van der Waals surface area contributed by atoms with Gasteiger partial charge in [-0.3, -0.25) is 4.79 Å². The molecule has 4 heteroatoms. The Bertz CT molecular complexity index is 511. The van der Waals surface area contributed by atoms with Crippen molar-refractivity contribution >= 4 is 21.8 Å². The quantitative estimate of drug-likeness (QED) is 0.847. The van der Waals surface area contributed by atoms with Crippen LogP contribution in [0, 0.1) is 5.92 Å². The molecule has 2 aliphatic rings. The zero-order valence-corrected chi connectivity index (χ0v) is 13.8. The van der Waals surface area contributed by atoms with Crippen molar-refractivity contribution in [1.82, 2.24) is 5.32 Å². The average molecular weight is 352 g/mol. The van der Waals surface area contributed by atoms with Crippen LogP contribution in [0.5, 0.6) is 5.75 Å². The summed E-state index contributed by atoms with van der Waals surface area (Å²) in [6.45, 7) is 0.487. The molecule has 1 atom stereocenters.